The van der Waals surface area contributed by atoms with Gasteiger partial charge in [0.05, 0.1) is 12.3 Å². The number of hydrogen-bond donors (Lipinski definition) is 0. The van der Waals surface area contributed by atoms with Crippen LogP contribution < -0.4 is 0 Å². The average molecular weight is 515 g/mol. The smallest absolute Gasteiger partial charge is 0.165 e. The number of ether oxygens (including phenoxy) is 1. The van der Waals surface area contributed by atoms with E-state index in [1.54, 1.807) is 0 Å². The molecule has 0 fully saturated rings. The molecule has 0 radical (unpaired) electrons. The third kappa shape index (κ3) is 6.83. The predicted molar refractivity (Wildman–Crippen MR) is 135 cm³/mol. The lowest BCUT2D eigenvalue weighted by Crippen LogP contribution is -2.21. The first-order valence-corrected chi connectivity index (χ1v) is 12.2. The van der Waals surface area contributed by atoms with Gasteiger partial charge in [-0.05, 0) is 68.9 Å². The Kier molecular flexibility index (Phi) is 8.79. The van der Waals surface area contributed by atoms with E-state index in [0.29, 0.717) is 6.61 Å². The van der Waals surface area contributed by atoms with Gasteiger partial charge in [-0.25, -0.2) is 4.74 Å². The molecule has 0 aliphatic carbocycles. The lowest BCUT2D eigenvalue weighted by atomic mass is 9.74. The van der Waals surface area contributed by atoms with Crippen molar-refractivity contribution < 1.29 is 4.74 Å². The molecule has 0 heterocycles. The van der Waals surface area contributed by atoms with Gasteiger partial charge in [0, 0.05) is 13.7 Å². The van der Waals surface area contributed by atoms with E-state index in [1.165, 1.54) is 22.0 Å². The van der Waals surface area contributed by atoms with E-state index in [9.17, 15) is 0 Å². The fraction of sp³-hybridized carbons (Fsp3) is 0.667. The van der Waals surface area contributed by atoms with Crippen LogP contribution in [0, 0.1) is 0 Å². The fourth-order valence-corrected chi connectivity index (χ4v) is 4.63. The van der Waals surface area contributed by atoms with Gasteiger partial charge in [-0.2, -0.15) is 0 Å². The molecule has 0 bridgehead atoms. The Morgan fingerprint density at radius 2 is 1.36 bits per heavy atom. The van der Waals surface area contributed by atoms with Crippen LogP contribution in [0.2, 0.25) is 0 Å². The molecule has 1 aromatic rings. The van der Waals surface area contributed by atoms with Crippen LogP contribution in [-0.2, 0) is 21.0 Å². The number of rotatable bonds is 5. The van der Waals surface area contributed by atoms with E-state index in [-0.39, 0.29) is 16.2 Å². The largest absolute Gasteiger partial charge is 0.487 e. The Morgan fingerprint density at radius 1 is 0.893 bits per heavy atom. The van der Waals surface area contributed by atoms with Crippen LogP contribution in [0.1, 0.15) is 99.3 Å². The summed E-state index contributed by atoms with van der Waals surface area (Å²) < 4.78 is 11.9. The van der Waals surface area contributed by atoms with Crippen molar-refractivity contribution in [2.45, 2.75) is 98.8 Å². The summed E-state index contributed by atoms with van der Waals surface area (Å²) in [6.45, 7) is 25.5. The van der Waals surface area contributed by atoms with Gasteiger partial charge < -0.3 is 4.74 Å². The number of nitrogens with zero attached hydrogens (tertiary/aromatic N) is 1. The molecule has 158 valence electrons. The highest BCUT2D eigenvalue weighted by molar-refractivity contribution is 14.1. The topological polar surface area (TPSA) is 21.6 Å². The third-order valence-corrected chi connectivity index (χ3v) is 7.15. The molecule has 0 atom stereocenters. The van der Waals surface area contributed by atoms with Crippen LogP contribution in [0.15, 0.2) is 26.0 Å². The van der Waals surface area contributed by atoms with E-state index < -0.39 is 0 Å². The highest BCUT2D eigenvalue weighted by Crippen LogP contribution is 2.45. The van der Waals surface area contributed by atoms with E-state index in [2.05, 4.69) is 104 Å². The molecular weight excluding hydrogens is 476 g/mol. The maximum absolute atomic E-state index is 5.74. The van der Waals surface area contributed by atoms with Crippen molar-refractivity contribution in [3.8, 4) is 0 Å². The minimum atomic E-state index is 0.0266. The van der Waals surface area contributed by atoms with Crippen molar-refractivity contribution in [3.63, 3.8) is 0 Å². The van der Waals surface area contributed by atoms with Gasteiger partial charge in [-0.15, -0.1) is 0 Å². The van der Waals surface area contributed by atoms with E-state index in [4.69, 9.17) is 9.48 Å². The zero-order valence-corrected chi connectivity index (χ0v) is 22.8. The first-order valence-electron chi connectivity index (χ1n) is 10.3. The molecule has 0 aliphatic heterocycles. The molecule has 1 rings (SSSR count). The SMILES string of the molecule is CCO/C(I)=C(\CC)P=Nc1c(C(C)(C)C)cc(C(C)(C)C)cc1C(C)(C)C. The normalized spacial score (nSPS) is 14.4. The molecule has 0 aromatic heterocycles. The number of halogens is 1. The lowest BCUT2D eigenvalue weighted by Gasteiger charge is -2.32. The van der Waals surface area contributed by atoms with E-state index in [0.717, 1.165) is 24.2 Å². The average Bonchev–Trinajstić information content (AvgIpc) is 2.52. The summed E-state index contributed by atoms with van der Waals surface area (Å²) in [6, 6.07) is 4.76. The second kappa shape index (κ2) is 9.60. The molecule has 0 saturated heterocycles. The zero-order chi connectivity index (χ0) is 21.9. The third-order valence-electron chi connectivity index (χ3n) is 4.70. The lowest BCUT2D eigenvalue weighted by molar-refractivity contribution is 0.261. The molecule has 4 heteroatoms. The maximum Gasteiger partial charge on any atom is 0.165 e. The van der Waals surface area contributed by atoms with Crippen LogP contribution in [0.3, 0.4) is 0 Å². The highest BCUT2D eigenvalue weighted by atomic mass is 127. The first kappa shape index (κ1) is 25.6. The summed E-state index contributed by atoms with van der Waals surface area (Å²) in [5, 5.41) is 1.24. The van der Waals surface area contributed by atoms with Crippen molar-refractivity contribution in [3.05, 3.63) is 37.9 Å². The van der Waals surface area contributed by atoms with Gasteiger partial charge in [0.2, 0.25) is 0 Å². The Labute approximate surface area is 189 Å². The van der Waals surface area contributed by atoms with Gasteiger partial charge in [0.15, 0.2) is 3.77 Å². The standard InChI is InChI=1S/C24H39INOP/c1-12-19(21(25)27-13-2)28-26-20-17(23(6,7)8)14-16(22(3,4)5)15-18(20)24(9,10)11/h14-15H,12-13H2,1-11H3/b21-19+. The Hall–Kier alpha value is -0.410. The highest BCUT2D eigenvalue weighted by Gasteiger charge is 2.29. The number of hydrogen-bond acceptors (Lipinski definition) is 2. The van der Waals surface area contributed by atoms with Gasteiger partial charge >= 0.3 is 0 Å². The molecule has 0 N–H and O–H groups in total. The Morgan fingerprint density at radius 3 is 1.68 bits per heavy atom. The number of benzene rings is 1. The van der Waals surface area contributed by atoms with Crippen LogP contribution >= 0.6 is 31.0 Å². The summed E-state index contributed by atoms with van der Waals surface area (Å²) in [5.41, 5.74) is 5.36. The first-order chi connectivity index (χ1) is 12.6. The molecular formula is C24H39INOP. The summed E-state index contributed by atoms with van der Waals surface area (Å²) in [5.74, 6) is 0. The quantitative estimate of drug-likeness (QED) is 0.218. The summed E-state index contributed by atoms with van der Waals surface area (Å²) in [7, 11) is 0.983. The minimum Gasteiger partial charge on any atom is -0.487 e. The minimum absolute atomic E-state index is 0.0266. The molecule has 1 aromatic carbocycles. The van der Waals surface area contributed by atoms with Crippen LogP contribution in [0.5, 0.6) is 0 Å². The van der Waals surface area contributed by atoms with Crippen LogP contribution in [0.4, 0.5) is 5.69 Å². The Bertz CT molecular complexity index is 708. The molecule has 0 saturated carbocycles. The zero-order valence-electron chi connectivity index (χ0n) is 19.7. The second-order valence-corrected chi connectivity index (χ2v) is 12.3. The second-order valence-electron chi connectivity index (χ2n) is 10.4. The summed E-state index contributed by atoms with van der Waals surface area (Å²) >= 11 is 2.30. The van der Waals surface area contributed by atoms with Crippen molar-refractivity contribution in [1.82, 2.24) is 0 Å². The molecule has 0 unspecified atom stereocenters. The van der Waals surface area contributed by atoms with Crippen molar-refractivity contribution in [2.24, 2.45) is 4.74 Å². The van der Waals surface area contributed by atoms with E-state index >= 15 is 0 Å². The van der Waals surface area contributed by atoms with Gasteiger partial charge in [-0.1, -0.05) is 81.4 Å². The van der Waals surface area contributed by atoms with Gasteiger partial charge in [-0.3, -0.25) is 0 Å². The monoisotopic (exact) mass is 515 g/mol. The fourth-order valence-electron chi connectivity index (χ4n) is 2.89. The molecule has 0 amide bonds. The van der Waals surface area contributed by atoms with Crippen molar-refractivity contribution in [1.29, 1.82) is 0 Å². The van der Waals surface area contributed by atoms with Crippen LogP contribution in [0.25, 0.3) is 0 Å². The molecule has 0 spiro atoms. The van der Waals surface area contributed by atoms with Crippen LogP contribution in [-0.4, -0.2) is 6.61 Å². The van der Waals surface area contributed by atoms with Crippen molar-refractivity contribution >= 4 is 36.7 Å². The maximum atomic E-state index is 5.74. The van der Waals surface area contributed by atoms with Gasteiger partial charge in [0.1, 0.15) is 0 Å². The van der Waals surface area contributed by atoms with E-state index in [1.807, 2.05) is 6.92 Å². The molecule has 0 aliphatic rings. The van der Waals surface area contributed by atoms with Gasteiger partial charge in [0.25, 0.3) is 0 Å². The molecule has 28 heavy (non-hydrogen) atoms. The summed E-state index contributed by atoms with van der Waals surface area (Å²) in [6.07, 6.45) is 0.944. The predicted octanol–water partition coefficient (Wildman–Crippen LogP) is 9.39. The molecule has 2 nitrogen and oxygen atoms in total. The number of allylic oxidation sites excluding steroid dienone is 1. The van der Waals surface area contributed by atoms with Crippen molar-refractivity contribution in [2.75, 3.05) is 6.61 Å². The Balaban J connectivity index is 3.81. The summed E-state index contributed by atoms with van der Waals surface area (Å²) in [4.78, 5) is 0.